The van der Waals surface area contributed by atoms with Gasteiger partial charge in [-0.25, -0.2) is 17.6 Å². The lowest BCUT2D eigenvalue weighted by molar-refractivity contribution is -0.251. The van der Waals surface area contributed by atoms with Crippen LogP contribution < -0.4 is 0 Å². The maximum Gasteiger partial charge on any atom is 0.389 e. The molecule has 0 spiro atoms. The largest absolute Gasteiger partial charge is 0.389 e. The molecule has 1 saturated carbocycles. The third-order valence-electron chi connectivity index (χ3n) is 6.03. The van der Waals surface area contributed by atoms with E-state index in [0.717, 1.165) is 62.8 Å². The van der Waals surface area contributed by atoms with E-state index in [4.69, 9.17) is 0 Å². The molecule has 31 heavy (non-hydrogen) atoms. The summed E-state index contributed by atoms with van der Waals surface area (Å²) >= 11 is 0. The molecule has 1 nitrogen and oxygen atoms in total. The van der Waals surface area contributed by atoms with Crippen LogP contribution in [-0.4, -0.2) is 6.61 Å². The highest BCUT2D eigenvalue weighted by Crippen LogP contribution is 2.40. The van der Waals surface area contributed by atoms with Gasteiger partial charge < -0.3 is 4.74 Å². The average Bonchev–Trinajstić information content (AvgIpc) is 2.70. The van der Waals surface area contributed by atoms with Crippen LogP contribution in [0, 0.1) is 29.2 Å². The van der Waals surface area contributed by atoms with E-state index in [1.54, 1.807) is 0 Å². The van der Waals surface area contributed by atoms with Crippen molar-refractivity contribution < 1.29 is 31.1 Å². The van der Waals surface area contributed by atoms with E-state index in [-0.39, 0.29) is 17.9 Å². The Hall–Kier alpha value is -2.02. The van der Waals surface area contributed by atoms with E-state index in [2.05, 4.69) is 11.7 Å². The Labute approximate surface area is 178 Å². The fraction of sp³-hybridized carbons (Fsp3) is 0.500. The van der Waals surface area contributed by atoms with Gasteiger partial charge in [-0.3, -0.25) is 0 Å². The van der Waals surface area contributed by atoms with Crippen LogP contribution in [0.2, 0.25) is 0 Å². The smallest absolute Gasteiger partial charge is 0.316 e. The lowest BCUT2D eigenvalue weighted by Crippen LogP contribution is -2.24. The van der Waals surface area contributed by atoms with Gasteiger partial charge in [0.2, 0.25) is 0 Å². The summed E-state index contributed by atoms with van der Waals surface area (Å²) in [6.07, 6.45) is 1.35. The van der Waals surface area contributed by atoms with Gasteiger partial charge in [0.15, 0.2) is 11.6 Å². The normalized spacial score (nSPS) is 19.6. The Balaban J connectivity index is 1.66. The Morgan fingerprint density at radius 1 is 0.871 bits per heavy atom. The molecule has 2 aromatic rings. The van der Waals surface area contributed by atoms with Crippen molar-refractivity contribution in [3.8, 4) is 0 Å². The quantitative estimate of drug-likeness (QED) is 0.381. The number of hydrogen-bond acceptors (Lipinski definition) is 1. The van der Waals surface area contributed by atoms with Crippen LogP contribution >= 0.6 is 0 Å². The molecule has 0 atom stereocenters. The molecule has 0 radical (unpaired) electrons. The van der Waals surface area contributed by atoms with Crippen LogP contribution in [0.1, 0.15) is 68.1 Å². The third kappa shape index (κ3) is 5.82. The van der Waals surface area contributed by atoms with Crippen molar-refractivity contribution in [2.75, 3.05) is 6.61 Å². The first kappa shape index (κ1) is 23.6. The Kier molecular flexibility index (Phi) is 7.68. The van der Waals surface area contributed by atoms with E-state index in [1.165, 1.54) is 6.07 Å². The summed E-state index contributed by atoms with van der Waals surface area (Å²) in [6, 6.07) is 4.93. The summed E-state index contributed by atoms with van der Waals surface area (Å²) in [5.74, 6) is -4.29. The number of hydrogen-bond donors (Lipinski definition) is 0. The first-order valence-electron chi connectivity index (χ1n) is 10.7. The Bertz CT molecular complexity index is 867. The molecule has 2 aromatic carbocycles. The van der Waals surface area contributed by atoms with Gasteiger partial charge in [-0.05, 0) is 79.3 Å². The lowest BCUT2D eigenvalue weighted by Gasteiger charge is -2.29. The zero-order valence-electron chi connectivity index (χ0n) is 17.4. The highest BCUT2D eigenvalue weighted by molar-refractivity contribution is 5.31. The average molecular weight is 444 g/mol. The minimum atomic E-state index is -4.19. The molecule has 0 bridgehead atoms. The topological polar surface area (TPSA) is 9.23 Å². The summed E-state index contributed by atoms with van der Waals surface area (Å²) in [4.78, 5) is 0. The molecule has 0 N–H and O–H groups in total. The van der Waals surface area contributed by atoms with Crippen LogP contribution in [0.3, 0.4) is 0 Å². The predicted octanol–water partition coefficient (Wildman–Crippen LogP) is 7.63. The monoisotopic (exact) mass is 444 g/mol. The molecule has 0 unspecified atom stereocenters. The lowest BCUT2D eigenvalue weighted by atomic mass is 9.77. The van der Waals surface area contributed by atoms with Crippen LogP contribution in [-0.2, 0) is 17.3 Å². The molecule has 7 heteroatoms. The summed E-state index contributed by atoms with van der Waals surface area (Å²) in [7, 11) is 0. The molecule has 1 aliphatic rings. The van der Waals surface area contributed by atoms with Gasteiger partial charge in [0.05, 0.1) is 6.61 Å². The van der Waals surface area contributed by atoms with Gasteiger partial charge >= 0.3 is 6.11 Å². The molecule has 1 aliphatic carbocycles. The summed E-state index contributed by atoms with van der Waals surface area (Å²) < 4.78 is 88.4. The van der Waals surface area contributed by atoms with Crippen LogP contribution in [0.4, 0.5) is 26.3 Å². The van der Waals surface area contributed by atoms with Gasteiger partial charge in [-0.1, -0.05) is 25.8 Å². The fourth-order valence-electron chi connectivity index (χ4n) is 4.36. The number of halogens is 6. The van der Waals surface area contributed by atoms with Gasteiger partial charge in [0.25, 0.3) is 0 Å². The van der Waals surface area contributed by atoms with E-state index in [1.807, 2.05) is 0 Å². The number of benzene rings is 2. The van der Waals surface area contributed by atoms with Crippen molar-refractivity contribution in [3.05, 3.63) is 70.3 Å². The number of rotatable bonds is 8. The second kappa shape index (κ2) is 10.1. The zero-order valence-corrected chi connectivity index (χ0v) is 17.4. The van der Waals surface area contributed by atoms with E-state index >= 15 is 0 Å². The first-order chi connectivity index (χ1) is 14.7. The molecule has 0 aliphatic heterocycles. The molecule has 0 saturated heterocycles. The minimum Gasteiger partial charge on any atom is -0.316 e. The van der Waals surface area contributed by atoms with E-state index in [0.29, 0.717) is 11.5 Å². The fourth-order valence-corrected chi connectivity index (χ4v) is 4.36. The van der Waals surface area contributed by atoms with Gasteiger partial charge in [0, 0.05) is 0 Å². The molecule has 0 heterocycles. The standard InChI is InChI=1S/C24H26F6O/c1-2-3-15-4-7-17(8-5-15)18-13-21(27)23(22(28)14-18)24(29,30)31-11-10-16-6-9-19(25)20(26)12-16/h6,9,12-15,17H,2-5,7-8,10-11H2,1H3. The summed E-state index contributed by atoms with van der Waals surface area (Å²) in [5.41, 5.74) is -0.808. The van der Waals surface area contributed by atoms with Gasteiger partial charge in [-0.2, -0.15) is 8.78 Å². The molecular formula is C24H26F6O. The van der Waals surface area contributed by atoms with Crippen LogP contribution in [0.15, 0.2) is 30.3 Å². The van der Waals surface area contributed by atoms with E-state index in [9.17, 15) is 26.3 Å². The molecular weight excluding hydrogens is 418 g/mol. The zero-order chi connectivity index (χ0) is 22.6. The van der Waals surface area contributed by atoms with Crippen molar-refractivity contribution in [2.24, 2.45) is 5.92 Å². The first-order valence-corrected chi connectivity index (χ1v) is 10.7. The Morgan fingerprint density at radius 3 is 2.10 bits per heavy atom. The number of alkyl halides is 2. The SMILES string of the molecule is CCCC1CCC(c2cc(F)c(C(F)(F)OCCc3ccc(F)c(F)c3)c(F)c2)CC1. The minimum absolute atomic E-state index is 0.0472. The van der Waals surface area contributed by atoms with Crippen molar-refractivity contribution in [1.82, 2.24) is 0 Å². The molecule has 1 fully saturated rings. The third-order valence-corrected chi connectivity index (χ3v) is 6.03. The summed E-state index contributed by atoms with van der Waals surface area (Å²) in [5, 5.41) is 0. The van der Waals surface area contributed by atoms with Gasteiger partial charge in [-0.15, -0.1) is 0 Å². The van der Waals surface area contributed by atoms with Crippen molar-refractivity contribution in [3.63, 3.8) is 0 Å². The van der Waals surface area contributed by atoms with Crippen molar-refractivity contribution in [1.29, 1.82) is 0 Å². The maximum absolute atomic E-state index is 14.5. The maximum atomic E-state index is 14.5. The van der Waals surface area contributed by atoms with Gasteiger partial charge in [0.1, 0.15) is 17.2 Å². The Morgan fingerprint density at radius 2 is 1.52 bits per heavy atom. The molecule has 0 aromatic heterocycles. The van der Waals surface area contributed by atoms with E-state index < -0.39 is 41.5 Å². The molecule has 170 valence electrons. The van der Waals surface area contributed by atoms with Crippen molar-refractivity contribution in [2.45, 2.75) is 63.9 Å². The highest BCUT2D eigenvalue weighted by Gasteiger charge is 2.40. The predicted molar refractivity (Wildman–Crippen MR) is 106 cm³/mol. The summed E-state index contributed by atoms with van der Waals surface area (Å²) in [6.45, 7) is 1.50. The highest BCUT2D eigenvalue weighted by atomic mass is 19.3. The van der Waals surface area contributed by atoms with Crippen LogP contribution in [0.5, 0.6) is 0 Å². The molecule has 0 amide bonds. The second-order valence-corrected chi connectivity index (χ2v) is 8.23. The second-order valence-electron chi connectivity index (χ2n) is 8.23. The van der Waals surface area contributed by atoms with Crippen molar-refractivity contribution >= 4 is 0 Å². The molecule has 3 rings (SSSR count). The number of ether oxygens (including phenoxy) is 1. The van der Waals surface area contributed by atoms with Crippen LogP contribution in [0.25, 0.3) is 0 Å².